The maximum atomic E-state index is 5.21. The lowest BCUT2D eigenvalue weighted by Crippen LogP contribution is -1.99. The highest BCUT2D eigenvalue weighted by molar-refractivity contribution is 5.94. The van der Waals surface area contributed by atoms with Crippen molar-refractivity contribution in [2.24, 2.45) is 0 Å². The van der Waals surface area contributed by atoms with E-state index in [1.807, 2.05) is 48.5 Å². The third-order valence-electron chi connectivity index (χ3n) is 9.57. The Kier molecular flexibility index (Phi) is 7.03. The predicted octanol–water partition coefficient (Wildman–Crippen LogP) is 11.0. The molecule has 0 spiro atoms. The van der Waals surface area contributed by atoms with E-state index in [0.29, 0.717) is 5.82 Å². The quantitative estimate of drug-likeness (QED) is 0.177. The van der Waals surface area contributed by atoms with Gasteiger partial charge in [0.2, 0.25) is 0 Å². The summed E-state index contributed by atoms with van der Waals surface area (Å²) in [5, 5.41) is 1.01. The monoisotopic (exact) mass is 666 g/mol. The molecule has 10 aromatic rings. The summed E-state index contributed by atoms with van der Waals surface area (Å²) in [6.07, 6.45) is 0. The number of aromatic nitrogens is 6. The van der Waals surface area contributed by atoms with Gasteiger partial charge in [-0.3, -0.25) is 9.13 Å². The molecule has 10 rings (SSSR count). The molecule has 3 aromatic heterocycles. The SMILES string of the molecule is c1ccc(-c2nc3ccccc3n2-c2ccc(-c3nc(-c4ccc(-n5c(-c6ccccc6)nc6ccccc65)cc4)c4ccccc4n3)cc2)cc1. The minimum Gasteiger partial charge on any atom is -0.292 e. The van der Waals surface area contributed by atoms with Gasteiger partial charge in [-0.15, -0.1) is 0 Å². The van der Waals surface area contributed by atoms with Crippen LogP contribution in [0.2, 0.25) is 0 Å². The highest BCUT2D eigenvalue weighted by Crippen LogP contribution is 2.34. The van der Waals surface area contributed by atoms with Gasteiger partial charge < -0.3 is 0 Å². The van der Waals surface area contributed by atoms with Crippen LogP contribution in [0.1, 0.15) is 0 Å². The summed E-state index contributed by atoms with van der Waals surface area (Å²) < 4.78 is 4.45. The highest BCUT2D eigenvalue weighted by Gasteiger charge is 2.17. The number of nitrogens with zero attached hydrogens (tertiary/aromatic N) is 6. The summed E-state index contributed by atoms with van der Waals surface area (Å²) in [5.41, 5.74) is 12.0. The van der Waals surface area contributed by atoms with Crippen molar-refractivity contribution in [2.45, 2.75) is 0 Å². The van der Waals surface area contributed by atoms with Gasteiger partial charge in [-0.2, -0.15) is 0 Å². The lowest BCUT2D eigenvalue weighted by Gasteiger charge is -2.13. The van der Waals surface area contributed by atoms with Gasteiger partial charge in [-0.1, -0.05) is 115 Å². The molecule has 0 amide bonds. The summed E-state index contributed by atoms with van der Waals surface area (Å²) in [6, 6.07) is 62.5. The van der Waals surface area contributed by atoms with Gasteiger partial charge in [0, 0.05) is 39.0 Å². The van der Waals surface area contributed by atoms with E-state index in [9.17, 15) is 0 Å². The van der Waals surface area contributed by atoms with Gasteiger partial charge in [0.05, 0.1) is 33.3 Å². The number of fused-ring (bicyclic) bond motifs is 3. The Morgan fingerprint density at radius 2 is 0.750 bits per heavy atom. The summed E-state index contributed by atoms with van der Waals surface area (Å²) in [7, 11) is 0. The molecule has 244 valence electrons. The van der Waals surface area contributed by atoms with Crippen LogP contribution in [0.4, 0.5) is 0 Å². The van der Waals surface area contributed by atoms with E-state index in [0.717, 1.165) is 83.9 Å². The van der Waals surface area contributed by atoms with Crippen molar-refractivity contribution in [1.29, 1.82) is 0 Å². The second-order valence-corrected chi connectivity index (χ2v) is 12.8. The van der Waals surface area contributed by atoms with Crippen LogP contribution in [0.15, 0.2) is 182 Å². The lowest BCUT2D eigenvalue weighted by molar-refractivity contribution is 1.10. The molecule has 6 heteroatoms. The fourth-order valence-electron chi connectivity index (χ4n) is 7.09. The normalized spacial score (nSPS) is 11.5. The van der Waals surface area contributed by atoms with E-state index in [1.54, 1.807) is 0 Å². The van der Waals surface area contributed by atoms with Crippen molar-refractivity contribution in [3.8, 4) is 56.8 Å². The first-order valence-corrected chi connectivity index (χ1v) is 17.3. The molecule has 0 aliphatic rings. The second-order valence-electron chi connectivity index (χ2n) is 12.8. The third kappa shape index (κ3) is 5.05. The first-order valence-electron chi connectivity index (χ1n) is 17.3. The van der Waals surface area contributed by atoms with Gasteiger partial charge in [0.15, 0.2) is 5.82 Å². The van der Waals surface area contributed by atoms with E-state index in [1.165, 1.54) is 0 Å². The average molecular weight is 667 g/mol. The molecule has 0 atom stereocenters. The Hall–Kier alpha value is -7.18. The third-order valence-corrected chi connectivity index (χ3v) is 9.57. The van der Waals surface area contributed by atoms with Crippen molar-refractivity contribution < 1.29 is 0 Å². The second kappa shape index (κ2) is 12.3. The Bertz CT molecular complexity index is 2870. The number of imidazole rings is 2. The van der Waals surface area contributed by atoms with E-state index >= 15 is 0 Å². The van der Waals surface area contributed by atoms with E-state index in [-0.39, 0.29) is 0 Å². The van der Waals surface area contributed by atoms with Crippen LogP contribution in [-0.4, -0.2) is 29.1 Å². The molecular formula is C46H30N6. The number of benzene rings is 7. The zero-order chi connectivity index (χ0) is 34.4. The maximum Gasteiger partial charge on any atom is 0.160 e. The van der Waals surface area contributed by atoms with Gasteiger partial charge in [-0.25, -0.2) is 19.9 Å². The number of rotatable bonds is 6. The Morgan fingerprint density at radius 1 is 0.308 bits per heavy atom. The topological polar surface area (TPSA) is 61.4 Å². The molecule has 52 heavy (non-hydrogen) atoms. The van der Waals surface area contributed by atoms with Crippen molar-refractivity contribution in [1.82, 2.24) is 29.1 Å². The van der Waals surface area contributed by atoms with Crippen LogP contribution in [0, 0.1) is 0 Å². The highest BCUT2D eigenvalue weighted by atomic mass is 15.1. The van der Waals surface area contributed by atoms with Gasteiger partial charge in [0.25, 0.3) is 0 Å². The molecule has 0 radical (unpaired) electrons. The van der Waals surface area contributed by atoms with Crippen LogP contribution in [0.3, 0.4) is 0 Å². The van der Waals surface area contributed by atoms with Crippen molar-refractivity contribution in [3.63, 3.8) is 0 Å². The zero-order valence-corrected chi connectivity index (χ0v) is 28.0. The van der Waals surface area contributed by atoms with E-state index in [2.05, 4.69) is 143 Å². The van der Waals surface area contributed by atoms with Gasteiger partial charge >= 0.3 is 0 Å². The van der Waals surface area contributed by atoms with Crippen LogP contribution >= 0.6 is 0 Å². The summed E-state index contributed by atoms with van der Waals surface area (Å²) >= 11 is 0. The molecule has 0 bridgehead atoms. The molecule has 0 saturated heterocycles. The number of para-hydroxylation sites is 5. The minimum atomic E-state index is 0.676. The standard InChI is InChI=1S/C46H30N6/c1-3-13-33(14-4-1)45-48-39-19-9-11-21-41(39)51(45)35-27-23-31(24-28-35)43-37-17-7-8-18-38(37)47-44(50-43)32-25-29-36(30-26-32)52-42-22-12-10-20-40(42)49-46(52)34-15-5-2-6-16-34/h1-30H. The lowest BCUT2D eigenvalue weighted by atomic mass is 10.0. The molecule has 6 nitrogen and oxygen atoms in total. The zero-order valence-electron chi connectivity index (χ0n) is 28.0. The largest absolute Gasteiger partial charge is 0.292 e. The molecule has 3 heterocycles. The fourth-order valence-corrected chi connectivity index (χ4v) is 7.09. The van der Waals surface area contributed by atoms with E-state index < -0.39 is 0 Å². The Morgan fingerprint density at radius 3 is 1.29 bits per heavy atom. The number of hydrogen-bond donors (Lipinski definition) is 0. The Balaban J connectivity index is 1.05. The van der Waals surface area contributed by atoms with Crippen LogP contribution in [-0.2, 0) is 0 Å². The molecule has 0 fully saturated rings. The van der Waals surface area contributed by atoms with E-state index in [4.69, 9.17) is 19.9 Å². The molecule has 0 N–H and O–H groups in total. The first-order chi connectivity index (χ1) is 25.8. The predicted molar refractivity (Wildman–Crippen MR) is 211 cm³/mol. The molecule has 0 saturated carbocycles. The summed E-state index contributed by atoms with van der Waals surface area (Å²) in [5.74, 6) is 2.49. The van der Waals surface area contributed by atoms with Crippen molar-refractivity contribution in [3.05, 3.63) is 182 Å². The van der Waals surface area contributed by atoms with Gasteiger partial charge in [0.1, 0.15) is 11.6 Å². The molecule has 0 unspecified atom stereocenters. The maximum absolute atomic E-state index is 5.21. The Labute approximate surface area is 300 Å². The number of hydrogen-bond acceptors (Lipinski definition) is 4. The smallest absolute Gasteiger partial charge is 0.160 e. The average Bonchev–Trinajstić information content (AvgIpc) is 3.81. The fraction of sp³-hybridized carbons (Fsp3) is 0. The molecule has 0 aliphatic heterocycles. The minimum absolute atomic E-state index is 0.676. The molecule has 7 aromatic carbocycles. The van der Waals surface area contributed by atoms with Gasteiger partial charge in [-0.05, 0) is 66.7 Å². The molecular weight excluding hydrogens is 637 g/mol. The van der Waals surface area contributed by atoms with Crippen LogP contribution in [0.25, 0.3) is 89.8 Å². The first kappa shape index (κ1) is 29.7. The van der Waals surface area contributed by atoms with Crippen LogP contribution in [0.5, 0.6) is 0 Å². The molecule has 0 aliphatic carbocycles. The van der Waals surface area contributed by atoms with Crippen LogP contribution < -0.4 is 0 Å². The van der Waals surface area contributed by atoms with Crippen molar-refractivity contribution in [2.75, 3.05) is 0 Å². The summed E-state index contributed by atoms with van der Waals surface area (Å²) in [6.45, 7) is 0. The van der Waals surface area contributed by atoms with Crippen molar-refractivity contribution >= 4 is 33.0 Å². The summed E-state index contributed by atoms with van der Waals surface area (Å²) in [4.78, 5) is 20.3.